The summed E-state index contributed by atoms with van der Waals surface area (Å²) in [6.45, 7) is 1.45. The van der Waals surface area contributed by atoms with Crippen LogP contribution in [-0.2, 0) is 0 Å². The Morgan fingerprint density at radius 2 is 2.46 bits per heavy atom. The molecule has 0 spiro atoms. The number of hydrogen-bond acceptors (Lipinski definition) is 4. The zero-order chi connectivity index (χ0) is 9.26. The van der Waals surface area contributed by atoms with Gasteiger partial charge >= 0.3 is 0 Å². The predicted molar refractivity (Wildman–Crippen MR) is 46.8 cm³/mol. The van der Waals surface area contributed by atoms with Crippen LogP contribution < -0.4 is 10.6 Å². The summed E-state index contributed by atoms with van der Waals surface area (Å²) in [4.78, 5) is 9.32. The minimum absolute atomic E-state index is 0.134. The van der Waals surface area contributed by atoms with Crippen LogP contribution in [0.15, 0.2) is 12.5 Å². The van der Waals surface area contributed by atoms with Gasteiger partial charge in [0.15, 0.2) is 11.6 Å². The van der Waals surface area contributed by atoms with Crippen molar-refractivity contribution in [2.75, 3.05) is 18.0 Å². The smallest absolute Gasteiger partial charge is 0.183 e. The van der Waals surface area contributed by atoms with Crippen molar-refractivity contribution in [1.82, 2.24) is 9.97 Å². The van der Waals surface area contributed by atoms with E-state index in [1.807, 2.05) is 4.90 Å². The average Bonchev–Trinajstić information content (AvgIpc) is 2.53. The lowest BCUT2D eigenvalue weighted by molar-refractivity contribution is 0.607. The number of nitrogens with zero attached hydrogens (tertiary/aromatic N) is 3. The normalized spacial score (nSPS) is 22.3. The molecule has 1 aliphatic heterocycles. The van der Waals surface area contributed by atoms with Gasteiger partial charge in [-0.05, 0) is 6.42 Å². The van der Waals surface area contributed by atoms with Crippen molar-refractivity contribution in [2.45, 2.75) is 12.5 Å². The van der Waals surface area contributed by atoms with E-state index in [0.29, 0.717) is 12.4 Å². The fraction of sp³-hybridized carbons (Fsp3) is 0.500. The molecule has 1 atom stereocenters. The highest BCUT2D eigenvalue weighted by atomic mass is 19.1. The van der Waals surface area contributed by atoms with Crippen molar-refractivity contribution in [3.63, 3.8) is 0 Å². The van der Waals surface area contributed by atoms with Crippen molar-refractivity contribution in [3.8, 4) is 0 Å². The first-order valence-corrected chi connectivity index (χ1v) is 4.23. The maximum atomic E-state index is 13.2. The monoisotopic (exact) mass is 182 g/mol. The van der Waals surface area contributed by atoms with Gasteiger partial charge in [0.05, 0.1) is 6.20 Å². The highest BCUT2D eigenvalue weighted by Crippen LogP contribution is 2.18. The standard InChI is InChI=1S/C8H11FN4/c9-7-3-11-5-12-8(7)13-2-1-6(10)4-13/h3,5-6H,1-2,4,10H2. The highest BCUT2D eigenvalue weighted by Gasteiger charge is 2.22. The lowest BCUT2D eigenvalue weighted by atomic mass is 10.3. The molecule has 1 saturated heterocycles. The Morgan fingerprint density at radius 1 is 1.62 bits per heavy atom. The van der Waals surface area contributed by atoms with Gasteiger partial charge in [-0.1, -0.05) is 0 Å². The van der Waals surface area contributed by atoms with Gasteiger partial charge in [-0.25, -0.2) is 14.4 Å². The van der Waals surface area contributed by atoms with Gasteiger partial charge in [-0.2, -0.15) is 0 Å². The van der Waals surface area contributed by atoms with E-state index in [1.54, 1.807) is 0 Å². The van der Waals surface area contributed by atoms with E-state index in [9.17, 15) is 4.39 Å². The van der Waals surface area contributed by atoms with E-state index in [2.05, 4.69) is 9.97 Å². The third-order valence-corrected chi connectivity index (χ3v) is 2.17. The van der Waals surface area contributed by atoms with E-state index in [1.165, 1.54) is 12.5 Å². The van der Waals surface area contributed by atoms with Crippen molar-refractivity contribution in [3.05, 3.63) is 18.3 Å². The van der Waals surface area contributed by atoms with Crippen LogP contribution in [0.3, 0.4) is 0 Å². The Morgan fingerprint density at radius 3 is 3.08 bits per heavy atom. The Hall–Kier alpha value is -1.23. The first-order chi connectivity index (χ1) is 6.27. The number of hydrogen-bond donors (Lipinski definition) is 1. The van der Waals surface area contributed by atoms with Crippen LogP contribution in [0.1, 0.15) is 6.42 Å². The Kier molecular flexibility index (Phi) is 2.10. The molecule has 1 unspecified atom stereocenters. The molecule has 0 bridgehead atoms. The summed E-state index contributed by atoms with van der Waals surface area (Å²) in [6.07, 6.45) is 3.41. The third-order valence-electron chi connectivity index (χ3n) is 2.17. The maximum absolute atomic E-state index is 13.2. The molecule has 0 radical (unpaired) electrons. The molecule has 0 aliphatic carbocycles. The second-order valence-corrected chi connectivity index (χ2v) is 3.19. The summed E-state index contributed by atoms with van der Waals surface area (Å²) >= 11 is 0. The first-order valence-electron chi connectivity index (χ1n) is 4.23. The second-order valence-electron chi connectivity index (χ2n) is 3.19. The minimum Gasteiger partial charge on any atom is -0.352 e. The van der Waals surface area contributed by atoms with E-state index in [-0.39, 0.29) is 11.9 Å². The van der Waals surface area contributed by atoms with Crippen LogP contribution in [0.2, 0.25) is 0 Å². The van der Waals surface area contributed by atoms with Crippen LogP contribution in [-0.4, -0.2) is 29.1 Å². The van der Waals surface area contributed by atoms with Gasteiger partial charge in [0.2, 0.25) is 0 Å². The quantitative estimate of drug-likeness (QED) is 0.671. The molecule has 0 aromatic carbocycles. The summed E-state index contributed by atoms with van der Waals surface area (Å²) in [5.41, 5.74) is 5.71. The van der Waals surface area contributed by atoms with Crippen LogP contribution in [0, 0.1) is 5.82 Å². The molecule has 5 heteroatoms. The molecule has 13 heavy (non-hydrogen) atoms. The van der Waals surface area contributed by atoms with Gasteiger partial charge in [0, 0.05) is 19.1 Å². The van der Waals surface area contributed by atoms with Gasteiger partial charge in [-0.15, -0.1) is 0 Å². The Bertz CT molecular complexity index is 304. The first kappa shape index (κ1) is 8.37. The third kappa shape index (κ3) is 1.60. The number of halogens is 1. The van der Waals surface area contributed by atoms with E-state index in [4.69, 9.17) is 5.73 Å². The van der Waals surface area contributed by atoms with Crippen LogP contribution in [0.25, 0.3) is 0 Å². The number of rotatable bonds is 1. The molecule has 2 heterocycles. The van der Waals surface area contributed by atoms with Gasteiger partial charge in [-0.3, -0.25) is 0 Å². The fourth-order valence-electron chi connectivity index (χ4n) is 1.52. The van der Waals surface area contributed by atoms with Gasteiger partial charge in [0.25, 0.3) is 0 Å². The largest absolute Gasteiger partial charge is 0.352 e. The topological polar surface area (TPSA) is 55.0 Å². The molecule has 0 saturated carbocycles. The molecule has 1 aromatic heterocycles. The van der Waals surface area contributed by atoms with Crippen molar-refractivity contribution in [2.24, 2.45) is 5.73 Å². The van der Waals surface area contributed by atoms with Crippen molar-refractivity contribution >= 4 is 5.82 Å². The average molecular weight is 182 g/mol. The zero-order valence-electron chi connectivity index (χ0n) is 7.15. The summed E-state index contributed by atoms with van der Waals surface area (Å²) in [5.74, 6) is -0.0143. The molecule has 2 N–H and O–H groups in total. The van der Waals surface area contributed by atoms with E-state index in [0.717, 1.165) is 13.0 Å². The van der Waals surface area contributed by atoms with Gasteiger partial charge < -0.3 is 10.6 Å². The Balaban J connectivity index is 2.21. The fourth-order valence-corrected chi connectivity index (χ4v) is 1.52. The van der Waals surface area contributed by atoms with Crippen LogP contribution in [0.4, 0.5) is 10.2 Å². The molecular weight excluding hydrogens is 171 g/mol. The molecule has 1 fully saturated rings. The number of aromatic nitrogens is 2. The highest BCUT2D eigenvalue weighted by molar-refractivity contribution is 5.39. The van der Waals surface area contributed by atoms with Crippen LogP contribution >= 0.6 is 0 Å². The lowest BCUT2D eigenvalue weighted by Crippen LogP contribution is -2.27. The molecular formula is C8H11FN4. The van der Waals surface area contributed by atoms with Crippen LogP contribution in [0.5, 0.6) is 0 Å². The molecule has 0 amide bonds. The van der Waals surface area contributed by atoms with E-state index >= 15 is 0 Å². The Labute approximate surface area is 75.6 Å². The van der Waals surface area contributed by atoms with Crippen molar-refractivity contribution < 1.29 is 4.39 Å². The van der Waals surface area contributed by atoms with Gasteiger partial charge in [0.1, 0.15) is 6.33 Å². The SMILES string of the molecule is NC1CCN(c2ncncc2F)C1. The molecule has 2 rings (SSSR count). The zero-order valence-corrected chi connectivity index (χ0v) is 7.15. The van der Waals surface area contributed by atoms with Crippen molar-refractivity contribution in [1.29, 1.82) is 0 Å². The number of anilines is 1. The predicted octanol–water partition coefficient (Wildman–Crippen LogP) is 0.153. The molecule has 1 aromatic rings. The molecule has 4 nitrogen and oxygen atoms in total. The summed E-state index contributed by atoms with van der Waals surface area (Å²) in [5, 5.41) is 0. The van der Waals surface area contributed by atoms with E-state index < -0.39 is 0 Å². The second kappa shape index (κ2) is 3.26. The molecule has 1 aliphatic rings. The number of nitrogens with two attached hydrogens (primary N) is 1. The molecule has 70 valence electrons. The minimum atomic E-state index is -0.378. The summed E-state index contributed by atoms with van der Waals surface area (Å²) in [7, 11) is 0. The lowest BCUT2D eigenvalue weighted by Gasteiger charge is -2.16. The summed E-state index contributed by atoms with van der Waals surface area (Å²) < 4.78 is 13.2. The summed E-state index contributed by atoms with van der Waals surface area (Å²) in [6, 6.07) is 0.134. The maximum Gasteiger partial charge on any atom is 0.183 e.